The predicted molar refractivity (Wildman–Crippen MR) is 108 cm³/mol. The van der Waals surface area contributed by atoms with Crippen molar-refractivity contribution in [3.63, 3.8) is 0 Å². The number of pyridine rings is 1. The maximum atomic E-state index is 12.7. The molecule has 2 amide bonds. The smallest absolute Gasteiger partial charge is 0.262 e. The normalized spacial score (nSPS) is 12.6. The van der Waals surface area contributed by atoms with Gasteiger partial charge in [-0.3, -0.25) is 14.6 Å². The number of aromatic nitrogens is 1. The standard InChI is InChI=1S/C21H16ClN3O3/c1-12-14(7-8-16(23-12)13-5-3-2-4-6-13)21(27)25-17-10-19-18(9-15(17)22)24-20(26)11-28-19/h2-10H,11H2,1H3,(H,24,26)(H,25,27). The molecule has 3 aromatic rings. The van der Waals surface area contributed by atoms with Crippen LogP contribution in [0.5, 0.6) is 5.75 Å². The van der Waals surface area contributed by atoms with Crippen LogP contribution in [-0.2, 0) is 4.79 Å². The Hall–Kier alpha value is -3.38. The van der Waals surface area contributed by atoms with Crippen LogP contribution < -0.4 is 15.4 Å². The molecular formula is C21H16ClN3O3. The van der Waals surface area contributed by atoms with E-state index in [1.807, 2.05) is 36.4 Å². The van der Waals surface area contributed by atoms with Gasteiger partial charge in [-0.15, -0.1) is 0 Å². The van der Waals surface area contributed by atoms with Gasteiger partial charge in [-0.1, -0.05) is 41.9 Å². The molecule has 0 radical (unpaired) electrons. The summed E-state index contributed by atoms with van der Waals surface area (Å²) in [6.45, 7) is 1.71. The lowest BCUT2D eigenvalue weighted by atomic mass is 10.1. The Kier molecular flexibility index (Phi) is 4.71. The quantitative estimate of drug-likeness (QED) is 0.695. The Balaban J connectivity index is 1.58. The third kappa shape index (κ3) is 3.54. The summed E-state index contributed by atoms with van der Waals surface area (Å²) in [5, 5.41) is 5.75. The first-order valence-electron chi connectivity index (χ1n) is 8.62. The van der Waals surface area contributed by atoms with E-state index >= 15 is 0 Å². The number of fused-ring (bicyclic) bond motifs is 1. The third-order valence-electron chi connectivity index (χ3n) is 4.35. The number of nitrogens with zero attached hydrogens (tertiary/aromatic N) is 1. The zero-order valence-electron chi connectivity index (χ0n) is 15.0. The topological polar surface area (TPSA) is 80.3 Å². The molecule has 1 aliphatic heterocycles. The van der Waals surface area contributed by atoms with Gasteiger partial charge in [-0.05, 0) is 25.1 Å². The molecule has 140 valence electrons. The van der Waals surface area contributed by atoms with Crippen LogP contribution in [0.25, 0.3) is 11.3 Å². The summed E-state index contributed by atoms with van der Waals surface area (Å²) in [5.41, 5.74) is 3.71. The molecule has 4 rings (SSSR count). The number of halogens is 1. The van der Waals surface area contributed by atoms with Crippen LogP contribution >= 0.6 is 11.6 Å². The molecule has 2 aromatic carbocycles. The molecule has 0 unspecified atom stereocenters. The molecule has 0 spiro atoms. The number of carbonyl (C=O) groups is 2. The molecule has 0 atom stereocenters. The van der Waals surface area contributed by atoms with E-state index in [0.29, 0.717) is 33.4 Å². The maximum Gasteiger partial charge on any atom is 0.262 e. The van der Waals surface area contributed by atoms with Gasteiger partial charge >= 0.3 is 0 Å². The summed E-state index contributed by atoms with van der Waals surface area (Å²) in [7, 11) is 0. The Morgan fingerprint density at radius 3 is 2.71 bits per heavy atom. The summed E-state index contributed by atoms with van der Waals surface area (Å²) in [6, 6.07) is 16.4. The van der Waals surface area contributed by atoms with Gasteiger partial charge < -0.3 is 15.4 Å². The second-order valence-electron chi connectivity index (χ2n) is 6.31. The minimum absolute atomic E-state index is 0.0774. The lowest BCUT2D eigenvalue weighted by Crippen LogP contribution is -2.25. The van der Waals surface area contributed by atoms with E-state index in [-0.39, 0.29) is 18.4 Å². The first-order chi connectivity index (χ1) is 13.5. The van der Waals surface area contributed by atoms with E-state index in [9.17, 15) is 9.59 Å². The average Bonchev–Trinajstić information content (AvgIpc) is 2.69. The number of nitrogens with one attached hydrogen (secondary N) is 2. The number of carbonyl (C=O) groups excluding carboxylic acids is 2. The summed E-state index contributed by atoms with van der Waals surface area (Å²) in [6.07, 6.45) is 0. The number of benzene rings is 2. The molecule has 0 aliphatic carbocycles. The maximum absolute atomic E-state index is 12.7. The first-order valence-corrected chi connectivity index (χ1v) is 8.99. The van der Waals surface area contributed by atoms with Gasteiger partial charge in [0.2, 0.25) is 0 Å². The molecule has 1 aliphatic rings. The Morgan fingerprint density at radius 1 is 1.18 bits per heavy atom. The van der Waals surface area contributed by atoms with Crippen LogP contribution in [0, 0.1) is 6.92 Å². The highest BCUT2D eigenvalue weighted by Gasteiger charge is 2.20. The summed E-state index contributed by atoms with van der Waals surface area (Å²) >= 11 is 6.25. The zero-order valence-corrected chi connectivity index (χ0v) is 15.7. The summed E-state index contributed by atoms with van der Waals surface area (Å²) in [4.78, 5) is 28.7. The number of aryl methyl sites for hydroxylation is 1. The molecule has 2 heterocycles. The van der Waals surface area contributed by atoms with E-state index in [2.05, 4.69) is 15.6 Å². The van der Waals surface area contributed by atoms with E-state index in [1.165, 1.54) is 0 Å². The number of anilines is 2. The fourth-order valence-electron chi connectivity index (χ4n) is 2.96. The van der Waals surface area contributed by atoms with Gasteiger partial charge in [0.25, 0.3) is 11.8 Å². The van der Waals surface area contributed by atoms with E-state index < -0.39 is 0 Å². The lowest BCUT2D eigenvalue weighted by Gasteiger charge is -2.19. The number of hydrogen-bond acceptors (Lipinski definition) is 4. The molecule has 7 heteroatoms. The molecule has 28 heavy (non-hydrogen) atoms. The molecule has 0 saturated heterocycles. The van der Waals surface area contributed by atoms with Gasteiger partial charge in [0, 0.05) is 11.6 Å². The number of ether oxygens (including phenoxy) is 1. The number of rotatable bonds is 3. The molecular weight excluding hydrogens is 378 g/mol. The van der Waals surface area contributed by atoms with Crippen molar-refractivity contribution in [2.24, 2.45) is 0 Å². The van der Waals surface area contributed by atoms with Crippen molar-refractivity contribution in [1.82, 2.24) is 4.98 Å². The zero-order chi connectivity index (χ0) is 19.7. The number of amides is 2. The van der Waals surface area contributed by atoms with Gasteiger partial charge in [-0.2, -0.15) is 0 Å². The summed E-state index contributed by atoms with van der Waals surface area (Å²) < 4.78 is 5.37. The third-order valence-corrected chi connectivity index (χ3v) is 4.66. The number of hydrogen-bond donors (Lipinski definition) is 2. The van der Waals surface area contributed by atoms with E-state index in [1.54, 1.807) is 25.1 Å². The molecule has 1 aromatic heterocycles. The first kappa shape index (κ1) is 18.0. The minimum Gasteiger partial charge on any atom is -0.482 e. The Bertz CT molecular complexity index is 1080. The van der Waals surface area contributed by atoms with Crippen molar-refractivity contribution in [2.45, 2.75) is 6.92 Å². The van der Waals surface area contributed by atoms with Crippen LogP contribution in [0.4, 0.5) is 11.4 Å². The van der Waals surface area contributed by atoms with Gasteiger partial charge in [0.05, 0.1) is 33.3 Å². The highest BCUT2D eigenvalue weighted by Crippen LogP contribution is 2.36. The highest BCUT2D eigenvalue weighted by molar-refractivity contribution is 6.34. The van der Waals surface area contributed by atoms with Crippen molar-refractivity contribution in [2.75, 3.05) is 17.2 Å². The SMILES string of the molecule is Cc1nc(-c2ccccc2)ccc1C(=O)Nc1cc2c(cc1Cl)NC(=O)CO2. The van der Waals surface area contributed by atoms with Crippen molar-refractivity contribution in [3.8, 4) is 17.0 Å². The van der Waals surface area contributed by atoms with Crippen molar-refractivity contribution >= 4 is 34.8 Å². The van der Waals surface area contributed by atoms with Crippen LogP contribution in [0.1, 0.15) is 16.1 Å². The fourth-order valence-corrected chi connectivity index (χ4v) is 3.17. The van der Waals surface area contributed by atoms with Crippen LogP contribution in [0.2, 0.25) is 5.02 Å². The Labute approximate surface area is 166 Å². The molecule has 0 saturated carbocycles. The molecule has 0 bridgehead atoms. The van der Waals surface area contributed by atoms with E-state index in [4.69, 9.17) is 16.3 Å². The van der Waals surface area contributed by atoms with Crippen molar-refractivity contribution in [3.05, 3.63) is 70.9 Å². The van der Waals surface area contributed by atoms with Crippen LogP contribution in [-0.4, -0.2) is 23.4 Å². The minimum atomic E-state index is -0.327. The van der Waals surface area contributed by atoms with Gasteiger partial charge in [0.1, 0.15) is 5.75 Å². The Morgan fingerprint density at radius 2 is 1.96 bits per heavy atom. The monoisotopic (exact) mass is 393 g/mol. The van der Waals surface area contributed by atoms with Crippen LogP contribution in [0.3, 0.4) is 0 Å². The average molecular weight is 394 g/mol. The van der Waals surface area contributed by atoms with Crippen LogP contribution in [0.15, 0.2) is 54.6 Å². The summed E-state index contributed by atoms with van der Waals surface area (Å²) in [5.74, 6) is -0.125. The van der Waals surface area contributed by atoms with Gasteiger partial charge in [-0.25, -0.2) is 0 Å². The van der Waals surface area contributed by atoms with Crippen molar-refractivity contribution < 1.29 is 14.3 Å². The highest BCUT2D eigenvalue weighted by atomic mass is 35.5. The molecule has 6 nitrogen and oxygen atoms in total. The second kappa shape index (κ2) is 7.32. The van der Waals surface area contributed by atoms with Crippen molar-refractivity contribution in [1.29, 1.82) is 0 Å². The lowest BCUT2D eigenvalue weighted by molar-refractivity contribution is -0.118. The predicted octanol–water partition coefficient (Wildman–Crippen LogP) is 4.29. The van der Waals surface area contributed by atoms with E-state index in [0.717, 1.165) is 11.3 Å². The largest absolute Gasteiger partial charge is 0.482 e. The second-order valence-corrected chi connectivity index (χ2v) is 6.72. The van der Waals surface area contributed by atoms with Gasteiger partial charge in [0.15, 0.2) is 6.61 Å². The molecule has 0 fully saturated rings. The fraction of sp³-hybridized carbons (Fsp3) is 0.0952. The molecule has 2 N–H and O–H groups in total.